The molecular formula is C26H31N7O2S2. The summed E-state index contributed by atoms with van der Waals surface area (Å²) >= 11 is 2.80. The number of piperidine rings is 1. The fourth-order valence-electron chi connectivity index (χ4n) is 5.35. The molecule has 0 bridgehead atoms. The number of hydrogen-bond acceptors (Lipinski definition) is 7. The molecule has 9 nitrogen and oxygen atoms in total. The summed E-state index contributed by atoms with van der Waals surface area (Å²) in [6.07, 6.45) is 14.0. The highest BCUT2D eigenvalue weighted by Gasteiger charge is 2.39. The number of thiophene rings is 1. The van der Waals surface area contributed by atoms with Gasteiger partial charge in [0.25, 0.3) is 11.8 Å². The van der Waals surface area contributed by atoms with E-state index in [-0.39, 0.29) is 11.8 Å². The Morgan fingerprint density at radius 2 is 1.86 bits per heavy atom. The number of hydrogen-bond donors (Lipinski definition) is 2. The molecule has 6 rings (SSSR count). The van der Waals surface area contributed by atoms with Crippen molar-refractivity contribution < 1.29 is 9.59 Å². The maximum atomic E-state index is 13.1. The van der Waals surface area contributed by atoms with E-state index in [4.69, 9.17) is 0 Å². The lowest BCUT2D eigenvalue weighted by molar-refractivity contribution is 0.0339. The predicted octanol–water partition coefficient (Wildman–Crippen LogP) is 4.41. The molecule has 194 valence electrons. The number of aryl methyl sites for hydroxylation is 2. The lowest BCUT2D eigenvalue weighted by Gasteiger charge is -2.48. The van der Waals surface area contributed by atoms with Crippen LogP contribution in [0, 0.1) is 12.3 Å². The van der Waals surface area contributed by atoms with Gasteiger partial charge in [-0.3, -0.25) is 14.3 Å². The van der Waals surface area contributed by atoms with Gasteiger partial charge in [0, 0.05) is 38.1 Å². The molecule has 4 aromatic heterocycles. The van der Waals surface area contributed by atoms with E-state index in [0.717, 1.165) is 40.5 Å². The second-order valence-electron chi connectivity index (χ2n) is 10.3. The molecule has 0 atom stereocenters. The van der Waals surface area contributed by atoms with Crippen LogP contribution in [0.15, 0.2) is 30.9 Å². The number of aromatic nitrogens is 4. The Morgan fingerprint density at radius 1 is 1.05 bits per heavy atom. The van der Waals surface area contributed by atoms with Crippen molar-refractivity contribution in [1.82, 2.24) is 29.6 Å². The van der Waals surface area contributed by atoms with Crippen molar-refractivity contribution in [3.63, 3.8) is 0 Å². The van der Waals surface area contributed by atoms with Crippen LogP contribution in [0.25, 0.3) is 15.3 Å². The lowest BCUT2D eigenvalue weighted by atomic mass is 9.63. The summed E-state index contributed by atoms with van der Waals surface area (Å²) in [5, 5.41) is 15.3. The van der Waals surface area contributed by atoms with Gasteiger partial charge in [0.1, 0.15) is 4.83 Å². The number of amides is 2. The first-order valence-electron chi connectivity index (χ1n) is 12.8. The van der Waals surface area contributed by atoms with Gasteiger partial charge in [-0.05, 0) is 62.7 Å². The zero-order chi connectivity index (χ0) is 25.6. The predicted molar refractivity (Wildman–Crippen MR) is 147 cm³/mol. The van der Waals surface area contributed by atoms with E-state index in [0.29, 0.717) is 27.4 Å². The van der Waals surface area contributed by atoms with Crippen molar-refractivity contribution in [2.45, 2.75) is 39.0 Å². The van der Waals surface area contributed by atoms with Gasteiger partial charge in [-0.25, -0.2) is 4.52 Å². The normalized spacial score (nSPS) is 17.2. The number of thiazole rings is 1. The minimum Gasteiger partial charge on any atom is -0.350 e. The van der Waals surface area contributed by atoms with Crippen LogP contribution < -0.4 is 10.6 Å². The van der Waals surface area contributed by atoms with Crippen LogP contribution in [0.3, 0.4) is 0 Å². The van der Waals surface area contributed by atoms with E-state index in [1.54, 1.807) is 21.6 Å². The summed E-state index contributed by atoms with van der Waals surface area (Å²) in [5.74, 6) is -0.325. The summed E-state index contributed by atoms with van der Waals surface area (Å²) in [5.41, 5.74) is 3.00. The van der Waals surface area contributed by atoms with Gasteiger partial charge in [-0.1, -0.05) is 6.42 Å². The van der Waals surface area contributed by atoms with Gasteiger partial charge in [0.05, 0.1) is 32.7 Å². The van der Waals surface area contributed by atoms with Gasteiger partial charge in [0.15, 0.2) is 0 Å². The third-order valence-electron chi connectivity index (χ3n) is 7.84. The van der Waals surface area contributed by atoms with E-state index < -0.39 is 0 Å². The van der Waals surface area contributed by atoms with Crippen LogP contribution in [-0.4, -0.2) is 62.3 Å². The van der Waals surface area contributed by atoms with Crippen LogP contribution in [0.2, 0.25) is 0 Å². The second kappa shape index (κ2) is 9.70. The number of nitrogens with zero attached hydrogens (tertiary/aromatic N) is 5. The molecule has 1 aliphatic heterocycles. The molecule has 0 aromatic carbocycles. The van der Waals surface area contributed by atoms with Crippen molar-refractivity contribution in [3.8, 4) is 10.4 Å². The monoisotopic (exact) mass is 537 g/mol. The average molecular weight is 538 g/mol. The third-order valence-corrected chi connectivity index (χ3v) is 10.2. The van der Waals surface area contributed by atoms with E-state index >= 15 is 0 Å². The minimum atomic E-state index is -0.235. The first-order chi connectivity index (χ1) is 17.9. The van der Waals surface area contributed by atoms with E-state index in [1.165, 1.54) is 54.8 Å². The summed E-state index contributed by atoms with van der Waals surface area (Å²) < 4.78 is 3.47. The zero-order valence-electron chi connectivity index (χ0n) is 21.1. The van der Waals surface area contributed by atoms with Crippen LogP contribution >= 0.6 is 22.7 Å². The molecule has 2 fully saturated rings. The Bertz CT molecular complexity index is 1450. The van der Waals surface area contributed by atoms with Gasteiger partial charge in [-0.15, -0.1) is 22.7 Å². The highest BCUT2D eigenvalue weighted by molar-refractivity contribution is 7.21. The molecule has 11 heteroatoms. The van der Waals surface area contributed by atoms with E-state index in [9.17, 15) is 9.59 Å². The first kappa shape index (κ1) is 24.3. The Morgan fingerprint density at radius 3 is 2.57 bits per heavy atom. The van der Waals surface area contributed by atoms with Crippen molar-refractivity contribution >= 4 is 44.3 Å². The van der Waals surface area contributed by atoms with E-state index in [1.807, 2.05) is 32.4 Å². The minimum absolute atomic E-state index is 0.0895. The summed E-state index contributed by atoms with van der Waals surface area (Å²) in [7, 11) is 1.87. The first-order valence-corrected chi connectivity index (χ1v) is 14.4. The van der Waals surface area contributed by atoms with Crippen molar-refractivity contribution in [3.05, 3.63) is 46.9 Å². The number of nitrogens with one attached hydrogen (secondary N) is 2. The highest BCUT2D eigenvalue weighted by Crippen LogP contribution is 2.48. The van der Waals surface area contributed by atoms with Crippen LogP contribution in [0.1, 0.15) is 57.7 Å². The average Bonchev–Trinajstić information content (AvgIpc) is 3.63. The molecule has 2 N–H and O–H groups in total. The van der Waals surface area contributed by atoms with E-state index in [2.05, 4.69) is 25.7 Å². The van der Waals surface area contributed by atoms with Gasteiger partial charge >= 0.3 is 0 Å². The quantitative estimate of drug-likeness (QED) is 0.364. The van der Waals surface area contributed by atoms with Crippen LogP contribution in [0.4, 0.5) is 5.00 Å². The van der Waals surface area contributed by atoms with Gasteiger partial charge in [-0.2, -0.15) is 10.2 Å². The summed E-state index contributed by atoms with van der Waals surface area (Å²) in [4.78, 5) is 30.7. The maximum Gasteiger partial charge on any atom is 0.261 e. The lowest BCUT2D eigenvalue weighted by Crippen LogP contribution is -2.45. The molecule has 2 amide bonds. The molecule has 1 saturated carbocycles. The summed E-state index contributed by atoms with van der Waals surface area (Å²) in [6, 6.07) is 1.84. The number of likely N-dealkylation sites (tertiary alicyclic amines) is 1. The molecule has 2 aliphatic rings. The smallest absolute Gasteiger partial charge is 0.261 e. The molecular weight excluding hydrogens is 506 g/mol. The van der Waals surface area contributed by atoms with Crippen LogP contribution in [-0.2, 0) is 7.05 Å². The SMILES string of the molecule is Cc1cc(C(=O)NCCN2CCC3(CCC3)CC2)sc1NC(=O)c1cnn2cc(-c3cnn(C)c3)sc12. The molecule has 37 heavy (non-hydrogen) atoms. The zero-order valence-corrected chi connectivity index (χ0v) is 22.8. The van der Waals surface area contributed by atoms with Gasteiger partial charge < -0.3 is 15.5 Å². The van der Waals surface area contributed by atoms with Crippen molar-refractivity contribution in [2.75, 3.05) is 31.5 Å². The Labute approximate surface area is 223 Å². The maximum absolute atomic E-state index is 13.1. The van der Waals surface area contributed by atoms with Crippen molar-refractivity contribution in [1.29, 1.82) is 0 Å². The standard InChI is InChI=1S/C26H31N7O2S2/c1-17-12-20(23(35)27-8-11-32-9-6-26(7-10-32)4-3-5-26)36-24(17)30-22(34)19-14-29-33-16-21(37-25(19)33)18-13-28-31(2)15-18/h12-16H,3-11H2,1-2H3,(H,27,35)(H,30,34). The van der Waals surface area contributed by atoms with Gasteiger partial charge in [0.2, 0.25) is 0 Å². The number of rotatable bonds is 7. The number of fused-ring (bicyclic) bond motifs is 1. The highest BCUT2D eigenvalue weighted by atomic mass is 32.1. The summed E-state index contributed by atoms with van der Waals surface area (Å²) in [6.45, 7) is 5.71. The molecule has 0 unspecified atom stereocenters. The molecule has 1 aliphatic carbocycles. The van der Waals surface area contributed by atoms with Crippen LogP contribution in [0.5, 0.6) is 0 Å². The molecule has 1 spiro atoms. The fourth-order valence-corrected chi connectivity index (χ4v) is 7.37. The Hall–Kier alpha value is -3.02. The molecule has 5 heterocycles. The topological polar surface area (TPSA) is 96.6 Å². The number of carbonyl (C=O) groups excluding carboxylic acids is 2. The largest absolute Gasteiger partial charge is 0.350 e. The second-order valence-corrected chi connectivity index (χ2v) is 12.4. The third kappa shape index (κ3) is 4.83. The fraction of sp³-hybridized carbons (Fsp3) is 0.462. The number of carbonyl (C=O) groups is 2. The molecule has 0 radical (unpaired) electrons. The number of anilines is 1. The Balaban J connectivity index is 1.05. The van der Waals surface area contributed by atoms with Crippen molar-refractivity contribution in [2.24, 2.45) is 12.5 Å². The Kier molecular flexibility index (Phi) is 6.37. The molecule has 4 aromatic rings. The molecule has 1 saturated heterocycles.